The maximum atomic E-state index is 4.43. The van der Waals surface area contributed by atoms with E-state index in [1.165, 1.54) is 10.5 Å². The Labute approximate surface area is 92.7 Å². The molecule has 0 atom stereocenters. The topological polar surface area (TPSA) is 0 Å². The summed E-state index contributed by atoms with van der Waals surface area (Å²) in [7, 11) is 0. The monoisotopic (exact) mass is 232 g/mol. The van der Waals surface area contributed by atoms with Gasteiger partial charge in [-0.2, -0.15) is 0 Å². The molecule has 0 N–H and O–H groups in total. The number of thiol groups is 3. The van der Waals surface area contributed by atoms with Crippen LogP contribution in [0, 0.1) is 0 Å². The lowest BCUT2D eigenvalue weighted by atomic mass is 10.2. The molecule has 1 aliphatic heterocycles. The average Bonchev–Trinajstić information content (AvgIpc) is 2.48. The lowest BCUT2D eigenvalue weighted by molar-refractivity contribution is 0.983. The zero-order chi connectivity index (χ0) is 8.72. The highest BCUT2D eigenvalue weighted by molar-refractivity contribution is 7.99. The van der Waals surface area contributed by atoms with Gasteiger partial charge in [-0.3, -0.25) is 0 Å². The highest BCUT2D eigenvalue weighted by Gasteiger charge is 2.17. The normalized spacial score (nSPS) is 14.9. The molecule has 1 aromatic carbocycles. The molecule has 1 aliphatic rings. The second-order valence-electron chi connectivity index (χ2n) is 2.67. The first-order chi connectivity index (χ1) is 5.70. The third-order valence-corrected chi connectivity index (χ3v) is 4.67. The first-order valence-electron chi connectivity index (χ1n) is 3.59. The van der Waals surface area contributed by atoms with Gasteiger partial charge in [-0.15, -0.1) is 49.6 Å². The Kier molecular flexibility index (Phi) is 2.61. The van der Waals surface area contributed by atoms with Crippen molar-refractivity contribution in [1.82, 2.24) is 0 Å². The Morgan fingerprint density at radius 3 is 2.67 bits per heavy atom. The van der Waals surface area contributed by atoms with Crippen LogP contribution in [0.1, 0.15) is 5.56 Å². The van der Waals surface area contributed by atoms with Crippen molar-refractivity contribution in [2.24, 2.45) is 0 Å². The van der Waals surface area contributed by atoms with Crippen LogP contribution in [-0.2, 0) is 6.42 Å². The van der Waals surface area contributed by atoms with Gasteiger partial charge in [-0.1, -0.05) is 0 Å². The summed E-state index contributed by atoms with van der Waals surface area (Å²) in [4.78, 5) is 4.16. The van der Waals surface area contributed by atoms with E-state index in [-0.39, 0.29) is 0 Å². The number of hydrogen-bond donors (Lipinski definition) is 3. The molecule has 0 unspecified atom stereocenters. The van der Waals surface area contributed by atoms with Crippen LogP contribution < -0.4 is 0 Å². The molecule has 0 aliphatic carbocycles. The number of rotatable bonds is 0. The van der Waals surface area contributed by atoms with Crippen LogP contribution in [0.5, 0.6) is 0 Å². The quantitative estimate of drug-likeness (QED) is 0.578. The first kappa shape index (κ1) is 9.19. The molecule has 0 nitrogen and oxygen atoms in total. The molecule has 4 heteroatoms. The van der Waals surface area contributed by atoms with E-state index in [2.05, 4.69) is 44.0 Å². The summed E-state index contributed by atoms with van der Waals surface area (Å²) in [5, 5.41) is 0. The van der Waals surface area contributed by atoms with Crippen molar-refractivity contribution in [2.75, 3.05) is 5.75 Å². The summed E-state index contributed by atoms with van der Waals surface area (Å²) in [5.41, 5.74) is 1.34. The lowest BCUT2D eigenvalue weighted by Gasteiger charge is -2.07. The number of hydrogen-bond acceptors (Lipinski definition) is 4. The van der Waals surface area contributed by atoms with Crippen molar-refractivity contribution < 1.29 is 0 Å². The zero-order valence-electron chi connectivity index (χ0n) is 6.24. The number of fused-ring (bicyclic) bond motifs is 1. The molecule has 1 aromatic rings. The molecular formula is C8H8S4. The SMILES string of the molecule is Sc1cc2c(c(S)c1S)CCS2. The van der Waals surface area contributed by atoms with Gasteiger partial charge in [0.25, 0.3) is 0 Å². The zero-order valence-corrected chi connectivity index (χ0v) is 9.74. The number of benzene rings is 1. The summed E-state index contributed by atoms with van der Waals surface area (Å²) in [6.45, 7) is 0. The summed E-state index contributed by atoms with van der Waals surface area (Å²) in [6, 6.07) is 2.08. The lowest BCUT2D eigenvalue weighted by Crippen LogP contribution is -1.86. The van der Waals surface area contributed by atoms with Crippen molar-refractivity contribution in [3.8, 4) is 0 Å². The molecule has 0 fully saturated rings. The number of thioether (sulfide) groups is 1. The van der Waals surface area contributed by atoms with Crippen LogP contribution in [0.4, 0.5) is 0 Å². The molecule has 64 valence electrons. The molecule has 0 bridgehead atoms. The Bertz CT molecular complexity index is 332. The molecule has 1 heterocycles. The van der Waals surface area contributed by atoms with E-state index in [1.807, 2.05) is 11.8 Å². The third kappa shape index (κ3) is 1.39. The van der Waals surface area contributed by atoms with Crippen LogP contribution in [0.3, 0.4) is 0 Å². The molecule has 0 saturated heterocycles. The van der Waals surface area contributed by atoms with Gasteiger partial charge in [0.05, 0.1) is 0 Å². The third-order valence-electron chi connectivity index (χ3n) is 1.93. The molecule has 2 rings (SSSR count). The van der Waals surface area contributed by atoms with Crippen LogP contribution in [0.15, 0.2) is 25.6 Å². The molecule has 0 spiro atoms. The molecular weight excluding hydrogens is 224 g/mol. The molecule has 0 radical (unpaired) electrons. The van der Waals surface area contributed by atoms with E-state index < -0.39 is 0 Å². The van der Waals surface area contributed by atoms with Crippen LogP contribution in [0.25, 0.3) is 0 Å². The average molecular weight is 232 g/mol. The van der Waals surface area contributed by atoms with Crippen molar-refractivity contribution >= 4 is 49.6 Å². The van der Waals surface area contributed by atoms with E-state index in [1.54, 1.807) is 0 Å². The van der Waals surface area contributed by atoms with Crippen molar-refractivity contribution in [3.63, 3.8) is 0 Å². The van der Waals surface area contributed by atoms with E-state index in [4.69, 9.17) is 0 Å². The van der Waals surface area contributed by atoms with Crippen molar-refractivity contribution in [2.45, 2.75) is 26.0 Å². The van der Waals surface area contributed by atoms with E-state index in [9.17, 15) is 0 Å². The first-order valence-corrected chi connectivity index (χ1v) is 5.92. The maximum absolute atomic E-state index is 4.43. The van der Waals surface area contributed by atoms with Crippen molar-refractivity contribution in [3.05, 3.63) is 11.6 Å². The molecule has 0 amide bonds. The molecule has 12 heavy (non-hydrogen) atoms. The van der Waals surface area contributed by atoms with Gasteiger partial charge in [0, 0.05) is 25.3 Å². The van der Waals surface area contributed by atoms with Gasteiger partial charge >= 0.3 is 0 Å². The van der Waals surface area contributed by atoms with E-state index in [0.29, 0.717) is 0 Å². The fourth-order valence-corrected chi connectivity index (χ4v) is 3.44. The van der Waals surface area contributed by atoms with Gasteiger partial charge in [-0.25, -0.2) is 0 Å². The fourth-order valence-electron chi connectivity index (χ4n) is 1.29. The smallest absolute Gasteiger partial charge is 0.0311 e. The Morgan fingerprint density at radius 1 is 1.17 bits per heavy atom. The van der Waals surface area contributed by atoms with E-state index in [0.717, 1.165) is 26.9 Å². The fraction of sp³-hybridized carbons (Fsp3) is 0.250. The van der Waals surface area contributed by atoms with Gasteiger partial charge in [0.1, 0.15) is 0 Å². The van der Waals surface area contributed by atoms with Crippen LogP contribution in [-0.4, -0.2) is 5.75 Å². The predicted octanol–water partition coefficient (Wildman–Crippen LogP) is 3.20. The maximum Gasteiger partial charge on any atom is 0.0311 e. The largest absolute Gasteiger partial charge is 0.142 e. The minimum atomic E-state index is 0.905. The highest BCUT2D eigenvalue weighted by Crippen LogP contribution is 2.40. The van der Waals surface area contributed by atoms with Gasteiger partial charge in [0.2, 0.25) is 0 Å². The van der Waals surface area contributed by atoms with Gasteiger partial charge < -0.3 is 0 Å². The summed E-state index contributed by atoms with van der Waals surface area (Å²) < 4.78 is 0. The molecule has 0 aromatic heterocycles. The Balaban J connectivity index is 2.67. The minimum absolute atomic E-state index is 0.905. The second kappa shape index (κ2) is 3.40. The van der Waals surface area contributed by atoms with Crippen LogP contribution >= 0.6 is 49.6 Å². The Hall–Kier alpha value is 0.620. The summed E-state index contributed by atoms with van der Waals surface area (Å²) >= 11 is 15.0. The van der Waals surface area contributed by atoms with Crippen molar-refractivity contribution in [1.29, 1.82) is 0 Å². The standard InChI is InChI=1S/C8H8S4/c9-5-3-6-4(1-2-12-6)7(10)8(5)11/h3,9-11H,1-2H2. The molecule has 0 saturated carbocycles. The van der Waals surface area contributed by atoms with Crippen LogP contribution in [0.2, 0.25) is 0 Å². The summed E-state index contributed by atoms with van der Waals surface area (Å²) in [6.07, 6.45) is 1.11. The summed E-state index contributed by atoms with van der Waals surface area (Å²) in [5.74, 6) is 1.16. The highest BCUT2D eigenvalue weighted by atomic mass is 32.2. The minimum Gasteiger partial charge on any atom is -0.142 e. The van der Waals surface area contributed by atoms with E-state index >= 15 is 0 Å². The van der Waals surface area contributed by atoms with Gasteiger partial charge in [-0.05, 0) is 18.1 Å². The van der Waals surface area contributed by atoms with Gasteiger partial charge in [0.15, 0.2) is 0 Å². The Morgan fingerprint density at radius 2 is 1.92 bits per heavy atom. The second-order valence-corrected chi connectivity index (χ2v) is 5.18. The predicted molar refractivity (Wildman–Crippen MR) is 62.6 cm³/mol.